The van der Waals surface area contributed by atoms with Gasteiger partial charge in [0, 0.05) is 29.2 Å². The van der Waals surface area contributed by atoms with Gasteiger partial charge in [0.1, 0.15) is 5.82 Å². The van der Waals surface area contributed by atoms with Gasteiger partial charge in [-0.25, -0.2) is 4.39 Å². The van der Waals surface area contributed by atoms with Crippen molar-refractivity contribution >= 4 is 17.5 Å². The summed E-state index contributed by atoms with van der Waals surface area (Å²) >= 11 is 5.79. The predicted molar refractivity (Wildman–Crippen MR) is 95.5 cm³/mol. The van der Waals surface area contributed by atoms with Crippen LogP contribution >= 0.6 is 11.6 Å². The monoisotopic (exact) mass is 361 g/mol. The molecule has 1 aromatic heterocycles. The Hall–Kier alpha value is -1.98. The molecule has 1 amide bonds. The van der Waals surface area contributed by atoms with Crippen LogP contribution in [0.4, 0.5) is 4.39 Å². The number of pyridine rings is 1. The van der Waals surface area contributed by atoms with Crippen LogP contribution in [-0.4, -0.2) is 28.9 Å². The summed E-state index contributed by atoms with van der Waals surface area (Å²) in [6.07, 6.45) is 3.28. The first-order chi connectivity index (χ1) is 12.1. The predicted octanol–water partition coefficient (Wildman–Crippen LogP) is 3.40. The van der Waals surface area contributed by atoms with E-state index in [1.165, 1.54) is 6.07 Å². The molecule has 0 unspecified atom stereocenters. The van der Waals surface area contributed by atoms with Crippen LogP contribution in [0.5, 0.6) is 0 Å². The molecule has 1 aliphatic heterocycles. The Kier molecular flexibility index (Phi) is 6.00. The topological polar surface area (TPSA) is 45.2 Å². The van der Waals surface area contributed by atoms with Crippen LogP contribution in [0.1, 0.15) is 24.1 Å². The van der Waals surface area contributed by atoms with E-state index in [0.29, 0.717) is 23.7 Å². The molecule has 2 heterocycles. The number of hydrogen-bond acceptors (Lipinski definition) is 3. The number of aromatic nitrogens is 1. The Balaban J connectivity index is 1.45. The summed E-state index contributed by atoms with van der Waals surface area (Å²) in [7, 11) is 0. The summed E-state index contributed by atoms with van der Waals surface area (Å²) in [5.41, 5.74) is 1.49. The smallest absolute Gasteiger partial charge is 0.223 e. The van der Waals surface area contributed by atoms with Gasteiger partial charge in [-0.1, -0.05) is 23.7 Å². The second-order valence-corrected chi connectivity index (χ2v) is 6.76. The number of rotatable bonds is 5. The highest BCUT2D eigenvalue weighted by Crippen LogP contribution is 2.21. The summed E-state index contributed by atoms with van der Waals surface area (Å²) in [6, 6.07) is 10.4. The van der Waals surface area contributed by atoms with Crippen molar-refractivity contribution in [2.45, 2.75) is 25.9 Å². The molecule has 1 saturated heterocycles. The zero-order valence-electron chi connectivity index (χ0n) is 13.9. The van der Waals surface area contributed by atoms with E-state index < -0.39 is 0 Å². The van der Waals surface area contributed by atoms with Gasteiger partial charge in [0.2, 0.25) is 5.91 Å². The Morgan fingerprint density at radius 1 is 1.28 bits per heavy atom. The van der Waals surface area contributed by atoms with Crippen LogP contribution < -0.4 is 5.32 Å². The van der Waals surface area contributed by atoms with E-state index in [4.69, 9.17) is 11.6 Å². The second-order valence-electron chi connectivity index (χ2n) is 6.33. The summed E-state index contributed by atoms with van der Waals surface area (Å²) in [5.74, 6) is -0.194. The second kappa shape index (κ2) is 8.41. The molecule has 1 aromatic carbocycles. The Morgan fingerprint density at radius 2 is 2.08 bits per heavy atom. The average molecular weight is 362 g/mol. The maximum Gasteiger partial charge on any atom is 0.223 e. The lowest BCUT2D eigenvalue weighted by atomic mass is 9.95. The molecular weight excluding hydrogens is 341 g/mol. The minimum absolute atomic E-state index is 0.00928. The van der Waals surface area contributed by atoms with E-state index in [1.54, 1.807) is 18.3 Å². The van der Waals surface area contributed by atoms with Crippen LogP contribution in [0.3, 0.4) is 0 Å². The molecule has 1 N–H and O–H groups in total. The van der Waals surface area contributed by atoms with E-state index in [0.717, 1.165) is 31.6 Å². The number of amides is 1. The number of nitrogens with one attached hydrogen (secondary N) is 1. The number of likely N-dealkylation sites (tertiary alicyclic amines) is 1. The van der Waals surface area contributed by atoms with Gasteiger partial charge in [-0.15, -0.1) is 0 Å². The summed E-state index contributed by atoms with van der Waals surface area (Å²) in [6.45, 7) is 2.56. The zero-order valence-corrected chi connectivity index (χ0v) is 14.7. The van der Waals surface area contributed by atoms with E-state index in [-0.39, 0.29) is 17.6 Å². The quantitative estimate of drug-likeness (QED) is 0.887. The molecule has 0 aliphatic carbocycles. The van der Waals surface area contributed by atoms with Crippen molar-refractivity contribution in [3.05, 3.63) is 64.7 Å². The van der Waals surface area contributed by atoms with Crippen molar-refractivity contribution in [1.29, 1.82) is 0 Å². The summed E-state index contributed by atoms with van der Waals surface area (Å²) < 4.78 is 13.9. The van der Waals surface area contributed by atoms with Crippen molar-refractivity contribution in [2.24, 2.45) is 5.92 Å². The van der Waals surface area contributed by atoms with Gasteiger partial charge in [-0.2, -0.15) is 0 Å². The number of piperidine rings is 1. The standard InChI is InChI=1S/C19H21ClFN3O/c20-16-5-4-15(18(21)11-16)13-24-9-6-14(7-10-24)19(25)23-12-17-3-1-2-8-22-17/h1-5,8,11,14H,6-7,9-10,12-13H2,(H,23,25). The molecule has 1 aliphatic rings. The third-order valence-electron chi connectivity index (χ3n) is 4.54. The molecule has 132 valence electrons. The molecule has 0 radical (unpaired) electrons. The molecule has 3 rings (SSSR count). The minimum Gasteiger partial charge on any atom is -0.350 e. The zero-order chi connectivity index (χ0) is 17.6. The van der Waals surface area contributed by atoms with E-state index in [1.807, 2.05) is 18.2 Å². The van der Waals surface area contributed by atoms with Crippen molar-refractivity contribution in [3.63, 3.8) is 0 Å². The SMILES string of the molecule is O=C(NCc1ccccn1)C1CCN(Cc2ccc(Cl)cc2F)CC1. The highest BCUT2D eigenvalue weighted by Gasteiger charge is 2.25. The normalized spacial score (nSPS) is 15.9. The highest BCUT2D eigenvalue weighted by molar-refractivity contribution is 6.30. The first-order valence-electron chi connectivity index (χ1n) is 8.46. The van der Waals surface area contributed by atoms with Crippen molar-refractivity contribution in [2.75, 3.05) is 13.1 Å². The van der Waals surface area contributed by atoms with Crippen molar-refractivity contribution in [1.82, 2.24) is 15.2 Å². The first kappa shape index (κ1) is 17.8. The lowest BCUT2D eigenvalue weighted by molar-refractivity contribution is -0.126. The number of carbonyl (C=O) groups excluding carboxylic acids is 1. The largest absolute Gasteiger partial charge is 0.350 e. The van der Waals surface area contributed by atoms with Crippen LogP contribution in [0.2, 0.25) is 5.02 Å². The lowest BCUT2D eigenvalue weighted by Crippen LogP contribution is -2.40. The Morgan fingerprint density at radius 3 is 2.76 bits per heavy atom. The van der Waals surface area contributed by atoms with Crippen LogP contribution in [0.15, 0.2) is 42.6 Å². The fourth-order valence-electron chi connectivity index (χ4n) is 3.07. The number of halogens is 2. The third-order valence-corrected chi connectivity index (χ3v) is 4.77. The molecule has 1 fully saturated rings. The van der Waals surface area contributed by atoms with Crippen molar-refractivity contribution < 1.29 is 9.18 Å². The molecule has 4 nitrogen and oxygen atoms in total. The average Bonchev–Trinajstić information content (AvgIpc) is 2.63. The Bertz CT molecular complexity index is 718. The van der Waals surface area contributed by atoms with Gasteiger partial charge >= 0.3 is 0 Å². The van der Waals surface area contributed by atoms with Crippen LogP contribution in [0.25, 0.3) is 0 Å². The highest BCUT2D eigenvalue weighted by atomic mass is 35.5. The molecule has 6 heteroatoms. The maximum absolute atomic E-state index is 13.9. The number of benzene rings is 1. The van der Waals surface area contributed by atoms with Gasteiger partial charge in [0.15, 0.2) is 0 Å². The van der Waals surface area contributed by atoms with Crippen LogP contribution in [0, 0.1) is 11.7 Å². The fourth-order valence-corrected chi connectivity index (χ4v) is 3.23. The maximum atomic E-state index is 13.9. The van der Waals surface area contributed by atoms with Crippen molar-refractivity contribution in [3.8, 4) is 0 Å². The van der Waals surface area contributed by atoms with E-state index >= 15 is 0 Å². The van der Waals surface area contributed by atoms with Gasteiger partial charge in [-0.3, -0.25) is 14.7 Å². The lowest BCUT2D eigenvalue weighted by Gasteiger charge is -2.31. The van der Waals surface area contributed by atoms with Gasteiger partial charge in [0.05, 0.1) is 12.2 Å². The number of nitrogens with zero attached hydrogens (tertiary/aromatic N) is 2. The minimum atomic E-state index is -0.275. The van der Waals surface area contributed by atoms with Gasteiger partial charge < -0.3 is 5.32 Å². The molecule has 0 spiro atoms. The van der Waals surface area contributed by atoms with Crippen LogP contribution in [-0.2, 0) is 17.9 Å². The molecular formula is C19H21ClFN3O. The molecule has 2 aromatic rings. The number of carbonyl (C=O) groups is 1. The van der Waals surface area contributed by atoms with Gasteiger partial charge in [0.25, 0.3) is 0 Å². The summed E-state index contributed by atoms with van der Waals surface area (Å²) in [4.78, 5) is 18.7. The third kappa shape index (κ3) is 5.00. The number of hydrogen-bond donors (Lipinski definition) is 1. The summed E-state index contributed by atoms with van der Waals surface area (Å²) in [5, 5.41) is 3.36. The van der Waals surface area contributed by atoms with E-state index in [2.05, 4.69) is 15.2 Å². The molecule has 0 atom stereocenters. The van der Waals surface area contributed by atoms with E-state index in [9.17, 15) is 9.18 Å². The Labute approximate surface area is 152 Å². The van der Waals surface area contributed by atoms with Gasteiger partial charge in [-0.05, 0) is 50.2 Å². The first-order valence-corrected chi connectivity index (χ1v) is 8.83. The molecule has 0 saturated carbocycles. The molecule has 25 heavy (non-hydrogen) atoms. The molecule has 0 bridgehead atoms. The fraction of sp³-hybridized carbons (Fsp3) is 0.368.